The zero-order valence-electron chi connectivity index (χ0n) is 85.5. The van der Waals surface area contributed by atoms with E-state index < -0.39 is 71.5 Å². The summed E-state index contributed by atoms with van der Waals surface area (Å²) in [6.07, 6.45) is 21.7. The van der Waals surface area contributed by atoms with E-state index in [2.05, 4.69) is 88.3 Å². The zero-order valence-corrected chi connectivity index (χ0v) is 85.5. The lowest BCUT2D eigenvalue weighted by Gasteiger charge is -2.08. The first-order chi connectivity index (χ1) is 71.0. The first-order valence-electron chi connectivity index (χ1n) is 48.8. The highest BCUT2D eigenvalue weighted by molar-refractivity contribution is 6.09. The van der Waals surface area contributed by atoms with E-state index >= 15 is 0 Å². The van der Waals surface area contributed by atoms with Gasteiger partial charge in [0.15, 0.2) is 52.3 Å². The Hall–Kier alpha value is -16.9. The van der Waals surface area contributed by atoms with Crippen LogP contribution in [-0.4, -0.2) is 245 Å². The maximum atomic E-state index is 13.6. The minimum atomic E-state index is -0.677. The molecule has 0 atom stereocenters. The fourth-order valence-corrected chi connectivity index (χ4v) is 16.6. The van der Waals surface area contributed by atoms with Crippen molar-refractivity contribution in [2.75, 3.05) is 90.6 Å². The summed E-state index contributed by atoms with van der Waals surface area (Å²) >= 11 is 0. The summed E-state index contributed by atoms with van der Waals surface area (Å²) in [5.74, 6) is -7.04. The lowest BCUT2D eigenvalue weighted by atomic mass is 10.0. The monoisotopic (exact) mass is 2050 g/mol. The van der Waals surface area contributed by atoms with Crippen molar-refractivity contribution in [2.24, 2.45) is 70.5 Å². The van der Waals surface area contributed by atoms with Gasteiger partial charge in [-0.3, -0.25) is 91.1 Å². The van der Waals surface area contributed by atoms with Gasteiger partial charge in [-0.1, -0.05) is 12.8 Å². The topological polar surface area (TPSA) is 594 Å². The molecule has 0 spiro atoms. The Labute approximate surface area is 857 Å². The van der Waals surface area contributed by atoms with Crippen molar-refractivity contribution in [3.63, 3.8) is 0 Å². The number of nitrogens with one attached hydrogen (secondary N) is 11. The molecule has 12 N–H and O–H groups in total. The number of ketones is 8. The molecule has 0 unspecified atom stereocenters. The van der Waals surface area contributed by atoms with Crippen LogP contribution >= 0.6 is 0 Å². The fourth-order valence-electron chi connectivity index (χ4n) is 16.6. The van der Waals surface area contributed by atoms with Gasteiger partial charge in [0.2, 0.25) is 58.5 Å². The minimum absolute atomic E-state index is 0.00433. The number of aliphatic hydroxyl groups is 1. The van der Waals surface area contributed by atoms with Crippen molar-refractivity contribution in [1.29, 1.82) is 0 Å². The maximum absolute atomic E-state index is 13.6. The van der Waals surface area contributed by atoms with E-state index in [-0.39, 0.29) is 243 Å². The highest BCUT2D eigenvalue weighted by Gasteiger charge is 2.29. The molecule has 1 aromatic carbocycles. The third-order valence-corrected chi connectivity index (χ3v) is 24.1. The number of amides is 11. The van der Waals surface area contributed by atoms with E-state index in [0.29, 0.717) is 83.7 Å². The molecular weight excluding hydrogens is 1920 g/mol. The number of hydrogen-bond acceptors (Lipinski definition) is 26. The zero-order chi connectivity index (χ0) is 108. The van der Waals surface area contributed by atoms with Gasteiger partial charge in [-0.15, -0.1) is 0 Å². The van der Waals surface area contributed by atoms with E-state index in [1.54, 1.807) is 119 Å². The number of Topliss-reactive ketones (excluding diaryl/α,β-unsaturated/α-hetero) is 8. The van der Waals surface area contributed by atoms with Crippen LogP contribution < -0.4 is 58.5 Å². The number of carbonyl (C=O) groups is 19. The van der Waals surface area contributed by atoms with Gasteiger partial charge < -0.3 is 114 Å². The van der Waals surface area contributed by atoms with Gasteiger partial charge in [0.05, 0.1) is 52.7 Å². The number of hydrogen-bond donors (Lipinski definition) is 12. The van der Waals surface area contributed by atoms with E-state index in [1.807, 2.05) is 14.1 Å². The van der Waals surface area contributed by atoms with Crippen molar-refractivity contribution in [1.82, 2.24) is 96.8 Å². The molecule has 0 saturated carbocycles. The van der Waals surface area contributed by atoms with Crippen LogP contribution in [0.5, 0.6) is 0 Å². The molecule has 11 aromatic rings. The second-order valence-electron chi connectivity index (χ2n) is 37.0. The summed E-state index contributed by atoms with van der Waals surface area (Å²) in [4.78, 5) is 272. The number of benzene rings is 1. The highest BCUT2D eigenvalue weighted by Crippen LogP contribution is 2.25. The number of nitrogens with zero attached hydrogens (tertiary/aromatic N) is 16. The minimum Gasteiger partial charge on any atom is -0.389 e. The number of unbranched alkanes of at least 4 members (excludes halogenated alkanes) is 4. The maximum Gasteiger partial charge on any atom is 0.291 e. The molecule has 47 heteroatoms. The Kier molecular flexibility index (Phi) is 40.2. The molecule has 0 saturated heterocycles. The van der Waals surface area contributed by atoms with Crippen molar-refractivity contribution >= 4 is 151 Å². The Morgan fingerprint density at radius 3 is 1.13 bits per heavy atom. The van der Waals surface area contributed by atoms with Gasteiger partial charge in [-0.05, 0) is 131 Å². The second-order valence-corrected chi connectivity index (χ2v) is 37.0. The predicted octanol–water partition coefficient (Wildman–Crippen LogP) is 6.91. The SMILES string of the molecule is CN(C)CCCCC(=O)CCCC(=O)c1cc(CC(=O)c2nc(CC(=O)c3nc(CC(=O)CCCC(=O)c4cc(CC(=O)c5nc(NC(=O)CCCNC(=O)c6cc(NC(=O)c7nc(NC(=O)CCNC(=O)c8cc(NC(=O)c9cc(NC(=O)c%10nc(NC(=O)CCNC(=O)CCNC(=O)c%11ccc(NC(=O)CCCCCCC(=O)CO)cc%11)cn%10C)cn9C)cn8C)cn7C)cn6C)cn5C)cn4C)cn3C)cn2C)cn1C. The molecule has 0 aliphatic heterocycles. The van der Waals surface area contributed by atoms with Crippen LogP contribution in [0, 0.1) is 0 Å². The number of anilines is 7. The van der Waals surface area contributed by atoms with Crippen molar-refractivity contribution in [3.05, 3.63) is 202 Å². The third-order valence-electron chi connectivity index (χ3n) is 24.1. The number of rotatable bonds is 60. The molecule has 149 heavy (non-hydrogen) atoms. The van der Waals surface area contributed by atoms with Gasteiger partial charge in [-0.25, -0.2) is 24.9 Å². The Balaban J connectivity index is 0.527. The predicted molar refractivity (Wildman–Crippen MR) is 547 cm³/mol. The molecule has 11 rings (SSSR count). The van der Waals surface area contributed by atoms with E-state index in [9.17, 15) is 91.1 Å². The molecule has 10 aromatic heterocycles. The van der Waals surface area contributed by atoms with Crippen LogP contribution in [0.15, 0.2) is 117 Å². The second kappa shape index (κ2) is 53.3. The summed E-state index contributed by atoms with van der Waals surface area (Å²) in [5, 5.41) is 38.3. The molecule has 0 bridgehead atoms. The van der Waals surface area contributed by atoms with Crippen LogP contribution in [0.3, 0.4) is 0 Å². The lowest BCUT2D eigenvalue weighted by Crippen LogP contribution is -2.32. The molecular formula is C102H127N27O20. The van der Waals surface area contributed by atoms with E-state index in [4.69, 9.17) is 5.11 Å². The van der Waals surface area contributed by atoms with Crippen LogP contribution in [-0.2, 0) is 135 Å². The largest absolute Gasteiger partial charge is 0.389 e. The van der Waals surface area contributed by atoms with Crippen molar-refractivity contribution in [3.8, 4) is 0 Å². The van der Waals surface area contributed by atoms with Gasteiger partial charge in [0.25, 0.3) is 35.4 Å². The summed E-state index contributed by atoms with van der Waals surface area (Å²) in [7, 11) is 20.1. The average Bonchev–Trinajstić information content (AvgIpc) is 1.69. The first kappa shape index (κ1) is 112. The van der Waals surface area contributed by atoms with Gasteiger partial charge in [0.1, 0.15) is 35.3 Å². The summed E-state index contributed by atoms with van der Waals surface area (Å²) in [5.41, 5.74) is 4.57. The van der Waals surface area contributed by atoms with Crippen LogP contribution in [0.25, 0.3) is 0 Å². The average molecular weight is 2050 g/mol. The quantitative estimate of drug-likeness (QED) is 0.0136. The van der Waals surface area contributed by atoms with Crippen LogP contribution in [0.4, 0.5) is 40.2 Å². The first-order valence-corrected chi connectivity index (χ1v) is 48.8. The van der Waals surface area contributed by atoms with E-state index in [1.165, 1.54) is 114 Å². The highest BCUT2D eigenvalue weighted by atomic mass is 16.3. The number of aliphatic hydroxyl groups excluding tert-OH is 1. The van der Waals surface area contributed by atoms with Crippen LogP contribution in [0.2, 0.25) is 0 Å². The molecule has 11 amide bonds. The standard InChI is InChI=1S/C102H127N27O20/c1-119(2)41-18-17-22-71(131)24-19-26-79(134)74-42-62(51-120(74)3)44-81(136)92-109-70(57-126(92)9)50-83(138)93-108-66(56-125(93)8)46-72(132)25-20-27-80(135)75-43-63(52-121(75)4)45-82(137)94-116-84(58-127(94)10)113-89(141)29-21-37-104-98(145)76-48-68(54-123(76)6)111-101(148)95-118-86(60-129(95)12)115-91(143)36-40-106-99(146)77-47-67(53-122(77)5)110-100(147)78-49-69(55-124(78)7)112-102(149)96-117-85(59-128(96)11)114-90(142)35-38-103-87(139)34-39-105-97(144)64-30-32-65(33-31-64)107-88(140)28-16-14-13-15-23-73(133)61-130/h30-33,42-43,47-49,51-60,130H,13-29,34-41,44-46,50,61H2,1-12H3,(H,103,139)(H,104,145)(H,105,144)(H,106,146)(H,107,140)(H,110,147)(H,111,148)(H,112,149)(H,113,141)(H,114,142)(H,115,143). The molecule has 0 radical (unpaired) electrons. The van der Waals surface area contributed by atoms with Crippen LogP contribution in [0.1, 0.15) is 267 Å². The fraction of sp³-hybridized carbons (Fsp3) is 0.412. The number of imidazole rings is 5. The van der Waals surface area contributed by atoms with Crippen molar-refractivity contribution in [2.45, 2.75) is 154 Å². The van der Waals surface area contributed by atoms with E-state index in [0.717, 1.165) is 32.2 Å². The van der Waals surface area contributed by atoms with Crippen molar-refractivity contribution < 1.29 is 96.2 Å². The molecule has 0 aliphatic rings. The number of carbonyl (C=O) groups excluding carboxylic acids is 19. The normalized spacial score (nSPS) is 11.2. The summed E-state index contributed by atoms with van der Waals surface area (Å²) < 4.78 is 15.0. The molecule has 0 aliphatic carbocycles. The van der Waals surface area contributed by atoms with Gasteiger partial charge in [0, 0.05) is 253 Å². The smallest absolute Gasteiger partial charge is 0.291 e. The number of aromatic nitrogens is 15. The van der Waals surface area contributed by atoms with Gasteiger partial charge in [-0.2, -0.15) is 0 Å². The molecule has 47 nitrogen and oxygen atoms in total. The molecule has 0 fully saturated rings. The summed E-state index contributed by atoms with van der Waals surface area (Å²) in [6, 6.07) is 13.8. The third kappa shape index (κ3) is 33.3. The molecule has 790 valence electrons. The Morgan fingerprint density at radius 1 is 0.268 bits per heavy atom. The molecule has 10 heterocycles. The lowest BCUT2D eigenvalue weighted by molar-refractivity contribution is -0.122. The number of aryl methyl sites for hydroxylation is 10. The summed E-state index contributed by atoms with van der Waals surface area (Å²) in [6.45, 7) is 0.366. The Bertz CT molecular complexity index is 6850. The Morgan fingerprint density at radius 2 is 0.638 bits per heavy atom. The van der Waals surface area contributed by atoms with Gasteiger partial charge >= 0.3 is 0 Å².